The Morgan fingerprint density at radius 2 is 1.47 bits per heavy atom. The van der Waals surface area contributed by atoms with Crippen LogP contribution in [-0.2, 0) is 10.0 Å². The van der Waals surface area contributed by atoms with Crippen LogP contribution < -0.4 is 0 Å². The molecule has 0 N–H and O–H groups in total. The Morgan fingerprint density at radius 3 is 2.12 bits per heavy atom. The van der Waals surface area contributed by atoms with Gasteiger partial charge in [-0.1, -0.05) is 48.5 Å². The molecule has 0 aromatic heterocycles. The zero-order valence-electron chi connectivity index (χ0n) is 9.37. The molecule has 0 aliphatic carbocycles. The van der Waals surface area contributed by atoms with Crippen LogP contribution in [0.1, 0.15) is 0 Å². The second-order valence-electron chi connectivity index (χ2n) is 3.52. The van der Waals surface area contributed by atoms with Gasteiger partial charge in [0.25, 0.3) is 0 Å². The van der Waals surface area contributed by atoms with E-state index < -0.39 is 10.0 Å². The van der Waals surface area contributed by atoms with E-state index in [-0.39, 0.29) is 4.90 Å². The Balaban J connectivity index is 2.65. The second-order valence-corrected chi connectivity index (χ2v) is 5.27. The van der Waals surface area contributed by atoms with Gasteiger partial charge in [0.2, 0.25) is 0 Å². The summed E-state index contributed by atoms with van der Waals surface area (Å²) in [6.45, 7) is 0. The summed E-state index contributed by atoms with van der Waals surface area (Å²) in [7, 11) is -2.26. The van der Waals surface area contributed by atoms with Crippen molar-refractivity contribution in [1.29, 1.82) is 0 Å². The van der Waals surface area contributed by atoms with Crippen molar-refractivity contribution in [2.45, 2.75) is 4.90 Å². The lowest BCUT2D eigenvalue weighted by Crippen LogP contribution is -2.00. The molecular weight excluding hydrogens is 234 g/mol. The van der Waals surface area contributed by atoms with E-state index in [1.807, 2.05) is 36.4 Å². The average Bonchev–Trinajstić information content (AvgIpc) is 2.40. The Hall–Kier alpha value is -1.65. The highest BCUT2D eigenvalue weighted by molar-refractivity contribution is 7.94. The number of sulfonamides is 1. The summed E-state index contributed by atoms with van der Waals surface area (Å²) in [5.41, 5.74) is 1.55. The largest absolute Gasteiger partial charge is 0.547 e. The number of nitrogens with zero attached hydrogens (tertiary/aromatic N) is 1. The zero-order chi connectivity index (χ0) is 12.3. The molecule has 0 spiro atoms. The molecule has 0 saturated heterocycles. The Labute approximate surface area is 101 Å². The first-order chi connectivity index (χ1) is 8.15. The van der Waals surface area contributed by atoms with E-state index in [2.05, 4.69) is 4.72 Å². The summed E-state index contributed by atoms with van der Waals surface area (Å²) in [5.74, 6) is 0. The molecule has 2 aromatic carbocycles. The molecule has 2 rings (SSSR count). The van der Waals surface area contributed by atoms with Crippen LogP contribution in [0.3, 0.4) is 0 Å². The Bertz CT molecular complexity index is 606. The lowest BCUT2D eigenvalue weighted by molar-refractivity contribution is 0.603. The highest BCUT2D eigenvalue weighted by atomic mass is 32.2. The van der Waals surface area contributed by atoms with Gasteiger partial charge in [-0.25, -0.2) is 8.42 Å². The van der Waals surface area contributed by atoms with Gasteiger partial charge in [-0.2, -0.15) is 7.05 Å². The van der Waals surface area contributed by atoms with Crippen LogP contribution in [0.4, 0.5) is 0 Å². The Morgan fingerprint density at radius 1 is 0.882 bits per heavy atom. The molecule has 0 bridgehead atoms. The van der Waals surface area contributed by atoms with E-state index in [1.54, 1.807) is 18.2 Å². The van der Waals surface area contributed by atoms with Crippen molar-refractivity contribution >= 4 is 10.0 Å². The van der Waals surface area contributed by atoms with E-state index in [0.717, 1.165) is 5.56 Å². The third-order valence-electron chi connectivity index (χ3n) is 2.49. The summed E-state index contributed by atoms with van der Waals surface area (Å²) in [5, 5.41) is 0. The van der Waals surface area contributed by atoms with E-state index in [1.165, 1.54) is 7.05 Å². The Kier molecular flexibility index (Phi) is 3.26. The second kappa shape index (κ2) is 4.69. The van der Waals surface area contributed by atoms with E-state index >= 15 is 0 Å². The number of rotatable bonds is 3. The monoisotopic (exact) mass is 246 g/mol. The van der Waals surface area contributed by atoms with Crippen molar-refractivity contribution in [3.8, 4) is 11.1 Å². The van der Waals surface area contributed by atoms with E-state index in [0.29, 0.717) is 5.56 Å². The van der Waals surface area contributed by atoms with Gasteiger partial charge in [0.15, 0.2) is 0 Å². The summed E-state index contributed by atoms with van der Waals surface area (Å²) in [6, 6.07) is 16.3. The van der Waals surface area contributed by atoms with Gasteiger partial charge in [0.1, 0.15) is 10.0 Å². The van der Waals surface area contributed by atoms with Crippen molar-refractivity contribution in [1.82, 2.24) is 0 Å². The molecule has 0 aliphatic heterocycles. The molecule has 0 heterocycles. The molecular formula is C13H12NO2S-. The van der Waals surface area contributed by atoms with Crippen LogP contribution in [0.25, 0.3) is 15.8 Å². The van der Waals surface area contributed by atoms with Crippen molar-refractivity contribution in [3.63, 3.8) is 0 Å². The minimum absolute atomic E-state index is 0.244. The minimum Gasteiger partial charge on any atom is -0.547 e. The van der Waals surface area contributed by atoms with Crippen molar-refractivity contribution < 1.29 is 8.42 Å². The standard InChI is InChI=1S/C13H12NO2S/c1-14-17(15,16)13-10-6-5-9-12(13)11-7-3-2-4-8-11/h2-10H,1H3/q-1. The maximum Gasteiger partial charge on any atom is 0.101 e. The molecule has 3 nitrogen and oxygen atoms in total. The predicted molar refractivity (Wildman–Crippen MR) is 68.3 cm³/mol. The van der Waals surface area contributed by atoms with Gasteiger partial charge in [-0.05, 0) is 17.2 Å². The highest BCUT2D eigenvalue weighted by Gasteiger charge is 2.10. The van der Waals surface area contributed by atoms with Gasteiger partial charge in [-0.15, -0.1) is 0 Å². The van der Waals surface area contributed by atoms with Crippen LogP contribution in [0, 0.1) is 0 Å². The molecule has 17 heavy (non-hydrogen) atoms. The quantitative estimate of drug-likeness (QED) is 0.835. The maximum atomic E-state index is 11.8. The molecule has 0 unspecified atom stereocenters. The van der Waals surface area contributed by atoms with Crippen LogP contribution in [0.15, 0.2) is 59.5 Å². The first kappa shape index (κ1) is 11.8. The molecule has 0 atom stereocenters. The smallest absolute Gasteiger partial charge is 0.101 e. The first-order valence-corrected chi connectivity index (χ1v) is 6.60. The molecule has 4 heteroatoms. The third-order valence-corrected chi connectivity index (χ3v) is 3.88. The SMILES string of the molecule is C[N-]S(=O)(=O)c1ccccc1-c1ccccc1. The van der Waals surface area contributed by atoms with Gasteiger partial charge in [-0.3, -0.25) is 0 Å². The summed E-state index contributed by atoms with van der Waals surface area (Å²) < 4.78 is 27.1. The zero-order valence-corrected chi connectivity index (χ0v) is 10.2. The predicted octanol–water partition coefficient (Wildman–Crippen LogP) is 3.05. The molecule has 0 saturated carbocycles. The molecule has 88 valence electrons. The minimum atomic E-state index is -3.55. The van der Waals surface area contributed by atoms with Crippen LogP contribution in [0.2, 0.25) is 0 Å². The van der Waals surface area contributed by atoms with Gasteiger partial charge < -0.3 is 4.72 Å². The van der Waals surface area contributed by atoms with Crippen LogP contribution in [-0.4, -0.2) is 15.5 Å². The number of benzene rings is 2. The van der Waals surface area contributed by atoms with Crippen molar-refractivity contribution in [3.05, 3.63) is 59.3 Å². The van der Waals surface area contributed by atoms with Gasteiger partial charge in [0, 0.05) is 0 Å². The fraction of sp³-hybridized carbons (Fsp3) is 0.0769. The van der Waals surface area contributed by atoms with Gasteiger partial charge >= 0.3 is 0 Å². The average molecular weight is 246 g/mol. The molecule has 2 aromatic rings. The van der Waals surface area contributed by atoms with Gasteiger partial charge in [0.05, 0.1) is 4.90 Å². The van der Waals surface area contributed by atoms with E-state index in [4.69, 9.17) is 0 Å². The lowest BCUT2D eigenvalue weighted by atomic mass is 10.1. The van der Waals surface area contributed by atoms with Crippen molar-refractivity contribution in [2.24, 2.45) is 0 Å². The highest BCUT2D eigenvalue weighted by Crippen LogP contribution is 2.28. The normalized spacial score (nSPS) is 11.4. The first-order valence-electron chi connectivity index (χ1n) is 5.16. The summed E-state index contributed by atoms with van der Waals surface area (Å²) >= 11 is 0. The lowest BCUT2D eigenvalue weighted by Gasteiger charge is -2.17. The summed E-state index contributed by atoms with van der Waals surface area (Å²) in [4.78, 5) is 0.244. The van der Waals surface area contributed by atoms with Crippen LogP contribution in [0.5, 0.6) is 0 Å². The third kappa shape index (κ3) is 2.38. The van der Waals surface area contributed by atoms with Crippen molar-refractivity contribution in [2.75, 3.05) is 7.05 Å². The molecule has 0 fully saturated rings. The fourth-order valence-corrected chi connectivity index (χ4v) is 2.56. The fourth-order valence-electron chi connectivity index (χ4n) is 1.65. The topological polar surface area (TPSA) is 48.2 Å². The maximum absolute atomic E-state index is 11.8. The number of hydrogen-bond acceptors (Lipinski definition) is 2. The molecule has 0 amide bonds. The molecule has 0 aliphatic rings. The van der Waals surface area contributed by atoms with E-state index in [9.17, 15) is 8.42 Å². The molecule has 0 radical (unpaired) electrons. The van der Waals surface area contributed by atoms with Crippen LogP contribution >= 0.6 is 0 Å². The number of hydrogen-bond donors (Lipinski definition) is 0. The summed E-state index contributed by atoms with van der Waals surface area (Å²) in [6.07, 6.45) is 0.